The summed E-state index contributed by atoms with van der Waals surface area (Å²) in [6.45, 7) is 8.72. The van der Waals surface area contributed by atoms with E-state index < -0.39 is 15.8 Å². The third-order valence-electron chi connectivity index (χ3n) is 6.05. The van der Waals surface area contributed by atoms with Crippen molar-refractivity contribution >= 4 is 33.0 Å². The second-order valence-corrected chi connectivity index (χ2v) is 10.2. The van der Waals surface area contributed by atoms with Gasteiger partial charge in [-0.05, 0) is 61.0 Å². The molecule has 0 radical (unpaired) electrons. The van der Waals surface area contributed by atoms with E-state index >= 15 is 0 Å². The van der Waals surface area contributed by atoms with Crippen LogP contribution in [0.2, 0.25) is 5.02 Å². The zero-order chi connectivity index (χ0) is 23.6. The highest BCUT2D eigenvalue weighted by Crippen LogP contribution is 2.40. The van der Waals surface area contributed by atoms with Crippen molar-refractivity contribution in [1.29, 1.82) is 0 Å². The maximum atomic E-state index is 13.3. The Labute approximate surface area is 199 Å². The molecule has 0 saturated carbocycles. The molecule has 0 aliphatic carbocycles. The molecule has 1 saturated heterocycles. The van der Waals surface area contributed by atoms with Crippen molar-refractivity contribution in [3.05, 3.63) is 77.1 Å². The van der Waals surface area contributed by atoms with Gasteiger partial charge in [-0.25, -0.2) is 12.8 Å². The highest BCUT2D eigenvalue weighted by atomic mass is 35.5. The van der Waals surface area contributed by atoms with Gasteiger partial charge in [0.15, 0.2) is 0 Å². The minimum Gasteiger partial charge on any atom is -0.369 e. The van der Waals surface area contributed by atoms with Crippen molar-refractivity contribution in [3.8, 4) is 11.1 Å². The van der Waals surface area contributed by atoms with E-state index in [1.54, 1.807) is 6.07 Å². The number of nitrogens with zero attached hydrogens (tertiary/aromatic N) is 2. The summed E-state index contributed by atoms with van der Waals surface area (Å²) < 4.78 is 42.0. The van der Waals surface area contributed by atoms with Gasteiger partial charge in [0, 0.05) is 37.4 Å². The lowest BCUT2D eigenvalue weighted by Gasteiger charge is -2.36. The van der Waals surface area contributed by atoms with Crippen LogP contribution in [-0.2, 0) is 10.0 Å². The van der Waals surface area contributed by atoms with Crippen LogP contribution in [0.5, 0.6) is 0 Å². The molecule has 0 spiro atoms. The minimum absolute atomic E-state index is 0.0284. The van der Waals surface area contributed by atoms with E-state index in [0.717, 1.165) is 67.2 Å². The molecule has 33 heavy (non-hydrogen) atoms. The predicted molar refractivity (Wildman–Crippen MR) is 133 cm³/mol. The van der Waals surface area contributed by atoms with E-state index in [4.69, 9.17) is 11.6 Å². The fourth-order valence-corrected chi connectivity index (χ4v) is 5.45. The van der Waals surface area contributed by atoms with Crippen LogP contribution >= 0.6 is 11.6 Å². The van der Waals surface area contributed by atoms with Gasteiger partial charge in [0.1, 0.15) is 5.82 Å². The molecule has 0 atom stereocenters. The Morgan fingerprint density at radius 1 is 0.970 bits per heavy atom. The van der Waals surface area contributed by atoms with Crippen molar-refractivity contribution < 1.29 is 12.8 Å². The first-order valence-electron chi connectivity index (χ1n) is 10.9. The van der Waals surface area contributed by atoms with Gasteiger partial charge in [0.25, 0.3) is 10.0 Å². The number of piperazine rings is 1. The zero-order valence-corrected chi connectivity index (χ0v) is 20.3. The van der Waals surface area contributed by atoms with Gasteiger partial charge in [-0.3, -0.25) is 4.72 Å². The monoisotopic (exact) mass is 487 g/mol. The Morgan fingerprint density at radius 2 is 1.64 bits per heavy atom. The van der Waals surface area contributed by atoms with Crippen LogP contribution in [0.4, 0.5) is 15.8 Å². The normalized spacial score (nSPS) is 15.0. The topological polar surface area (TPSA) is 52.6 Å². The van der Waals surface area contributed by atoms with E-state index in [1.165, 1.54) is 12.1 Å². The molecule has 0 aromatic heterocycles. The molecule has 0 unspecified atom stereocenters. The summed E-state index contributed by atoms with van der Waals surface area (Å²) in [5, 5.41) is 0.325. The Hall–Kier alpha value is -2.61. The highest BCUT2D eigenvalue weighted by Gasteiger charge is 2.22. The maximum Gasteiger partial charge on any atom is 0.261 e. The third kappa shape index (κ3) is 5.16. The van der Waals surface area contributed by atoms with Crippen molar-refractivity contribution in [1.82, 2.24) is 4.90 Å². The SMILES string of the molecule is CCN1CCN(c2cc(NS(=O)(=O)c3ccc(F)cc3)c(Cl)c(-c3ccccc3C)c2)CC1. The number of rotatable bonds is 6. The summed E-state index contributed by atoms with van der Waals surface area (Å²) in [4.78, 5) is 4.60. The average Bonchev–Trinajstić information content (AvgIpc) is 2.81. The largest absolute Gasteiger partial charge is 0.369 e. The molecule has 8 heteroatoms. The maximum absolute atomic E-state index is 13.3. The zero-order valence-electron chi connectivity index (χ0n) is 18.7. The molecule has 0 bridgehead atoms. The van der Waals surface area contributed by atoms with Gasteiger partial charge < -0.3 is 9.80 Å². The van der Waals surface area contributed by atoms with Crippen LogP contribution in [0.25, 0.3) is 11.1 Å². The summed E-state index contributed by atoms with van der Waals surface area (Å²) >= 11 is 6.78. The number of aryl methyl sites for hydroxylation is 1. The number of likely N-dealkylation sites (N-methyl/N-ethyl adjacent to an activating group) is 1. The first-order chi connectivity index (χ1) is 15.8. The van der Waals surface area contributed by atoms with E-state index in [9.17, 15) is 12.8 Å². The molecule has 3 aromatic rings. The molecule has 174 valence electrons. The van der Waals surface area contributed by atoms with Crippen LogP contribution in [0.1, 0.15) is 12.5 Å². The molecule has 1 aliphatic heterocycles. The Balaban J connectivity index is 1.78. The Bertz CT molecular complexity index is 1240. The van der Waals surface area contributed by atoms with E-state index in [0.29, 0.717) is 10.7 Å². The number of hydrogen-bond acceptors (Lipinski definition) is 4. The summed E-state index contributed by atoms with van der Waals surface area (Å²) in [6.07, 6.45) is 0. The van der Waals surface area contributed by atoms with Gasteiger partial charge >= 0.3 is 0 Å². The highest BCUT2D eigenvalue weighted by molar-refractivity contribution is 7.92. The molecular formula is C25H27ClFN3O2S. The third-order valence-corrected chi connectivity index (χ3v) is 7.83. The number of nitrogens with one attached hydrogen (secondary N) is 1. The van der Waals surface area contributed by atoms with Crippen molar-refractivity contribution in [2.45, 2.75) is 18.7 Å². The standard InChI is InChI=1S/C25H27ClFN3O2S/c1-3-29-12-14-30(15-13-29)20-16-23(22-7-5-4-6-18(22)2)25(26)24(17-20)28-33(31,32)21-10-8-19(27)9-11-21/h4-11,16-17,28H,3,12-15H2,1-2H3. The van der Waals surface area contributed by atoms with Gasteiger partial charge in [-0.1, -0.05) is 42.8 Å². The average molecular weight is 488 g/mol. The van der Waals surface area contributed by atoms with Crippen LogP contribution < -0.4 is 9.62 Å². The lowest BCUT2D eigenvalue weighted by molar-refractivity contribution is 0.271. The molecule has 0 amide bonds. The summed E-state index contributed by atoms with van der Waals surface area (Å²) in [5.41, 5.74) is 3.96. The first kappa shape index (κ1) is 23.5. The van der Waals surface area contributed by atoms with E-state index in [1.807, 2.05) is 37.3 Å². The first-order valence-corrected chi connectivity index (χ1v) is 12.8. The van der Waals surface area contributed by atoms with Crippen molar-refractivity contribution in [2.24, 2.45) is 0 Å². The molecule has 1 N–H and O–H groups in total. The quantitative estimate of drug-likeness (QED) is 0.506. The summed E-state index contributed by atoms with van der Waals surface area (Å²) in [7, 11) is -3.95. The van der Waals surface area contributed by atoms with Crippen LogP contribution in [-0.4, -0.2) is 46.0 Å². The van der Waals surface area contributed by atoms with E-state index in [-0.39, 0.29) is 4.90 Å². The number of anilines is 2. The van der Waals surface area contributed by atoms with Crippen LogP contribution in [0.3, 0.4) is 0 Å². The number of sulfonamides is 1. The molecule has 1 heterocycles. The van der Waals surface area contributed by atoms with Gasteiger partial charge in [-0.2, -0.15) is 0 Å². The van der Waals surface area contributed by atoms with Gasteiger partial charge in [0.2, 0.25) is 0 Å². The lowest BCUT2D eigenvalue weighted by atomic mass is 9.99. The molecule has 1 fully saturated rings. The van der Waals surface area contributed by atoms with Crippen molar-refractivity contribution in [3.63, 3.8) is 0 Å². The number of halogens is 2. The van der Waals surface area contributed by atoms with Crippen LogP contribution in [0.15, 0.2) is 65.6 Å². The fourth-order valence-electron chi connectivity index (χ4n) is 4.08. The fraction of sp³-hybridized carbons (Fsp3) is 0.280. The lowest BCUT2D eigenvalue weighted by Crippen LogP contribution is -2.46. The summed E-state index contributed by atoms with van der Waals surface area (Å²) in [6, 6.07) is 16.4. The minimum atomic E-state index is -3.95. The molecule has 5 nitrogen and oxygen atoms in total. The van der Waals surface area contributed by atoms with E-state index in [2.05, 4.69) is 21.4 Å². The Kier molecular flexibility index (Phi) is 6.93. The molecule has 4 rings (SSSR count). The predicted octanol–water partition coefficient (Wildman–Crippen LogP) is 5.40. The second kappa shape index (κ2) is 9.71. The van der Waals surface area contributed by atoms with Gasteiger partial charge in [-0.15, -0.1) is 0 Å². The smallest absolute Gasteiger partial charge is 0.261 e. The molecule has 1 aliphatic rings. The summed E-state index contributed by atoms with van der Waals surface area (Å²) in [5.74, 6) is -0.498. The second-order valence-electron chi connectivity index (χ2n) is 8.15. The molecule has 3 aromatic carbocycles. The van der Waals surface area contributed by atoms with Gasteiger partial charge in [0.05, 0.1) is 15.6 Å². The number of benzene rings is 3. The molecular weight excluding hydrogens is 461 g/mol. The van der Waals surface area contributed by atoms with Crippen LogP contribution in [0, 0.1) is 12.7 Å². The number of hydrogen-bond donors (Lipinski definition) is 1. The van der Waals surface area contributed by atoms with Crippen molar-refractivity contribution in [2.75, 3.05) is 42.3 Å². The Morgan fingerprint density at radius 3 is 2.27 bits per heavy atom.